The predicted molar refractivity (Wildman–Crippen MR) is 49.6 cm³/mol. The van der Waals surface area contributed by atoms with Gasteiger partial charge in [-0.25, -0.2) is 9.78 Å². The van der Waals surface area contributed by atoms with Crippen LogP contribution < -0.4 is 0 Å². The molecule has 0 fully saturated rings. The van der Waals surface area contributed by atoms with E-state index in [1.54, 1.807) is 23.6 Å². The van der Waals surface area contributed by atoms with Crippen LogP contribution in [0.25, 0.3) is 0 Å². The molecule has 0 aliphatic carbocycles. The van der Waals surface area contributed by atoms with E-state index in [-0.39, 0.29) is 0 Å². The number of hydrogen-bond donors (Lipinski definition) is 1. The van der Waals surface area contributed by atoms with Crippen LogP contribution in [-0.2, 0) is 4.79 Å². The third-order valence-electron chi connectivity index (χ3n) is 0.973. The van der Waals surface area contributed by atoms with Gasteiger partial charge in [0.05, 0.1) is 0 Å². The van der Waals surface area contributed by atoms with Gasteiger partial charge in [-0.3, -0.25) is 0 Å². The fraction of sp³-hybridized carbons (Fsp3) is 0.143. The molecule has 0 saturated heterocycles. The molecule has 0 saturated carbocycles. The Balaban J connectivity index is 2.23. The minimum Gasteiger partial charge on any atom is -0.478 e. The Hall–Kier alpha value is -0.810. The summed E-state index contributed by atoms with van der Waals surface area (Å²) < 4.78 is 0.963. The highest BCUT2D eigenvalue weighted by Crippen LogP contribution is 2.19. The average Bonchev–Trinajstić information content (AvgIpc) is 2.49. The van der Waals surface area contributed by atoms with E-state index >= 15 is 0 Å². The zero-order valence-corrected chi connectivity index (χ0v) is 7.77. The quantitative estimate of drug-likeness (QED) is 0.597. The van der Waals surface area contributed by atoms with Crippen molar-refractivity contribution < 1.29 is 9.90 Å². The zero-order chi connectivity index (χ0) is 8.81. The van der Waals surface area contributed by atoms with Gasteiger partial charge in [0.1, 0.15) is 4.34 Å². The first-order chi connectivity index (χ1) is 5.79. The molecule has 3 nitrogen and oxygen atoms in total. The lowest BCUT2D eigenvalue weighted by atomic mass is 10.5. The molecule has 12 heavy (non-hydrogen) atoms. The van der Waals surface area contributed by atoms with Gasteiger partial charge < -0.3 is 5.11 Å². The molecule has 0 amide bonds. The minimum absolute atomic E-state index is 0.653. The second kappa shape index (κ2) is 4.95. The lowest BCUT2D eigenvalue weighted by molar-refractivity contribution is -0.131. The molecule has 0 aliphatic heterocycles. The molecular weight excluding hydrogens is 194 g/mol. The Kier molecular flexibility index (Phi) is 3.83. The third kappa shape index (κ3) is 3.54. The van der Waals surface area contributed by atoms with Crippen LogP contribution in [0.2, 0.25) is 0 Å². The maximum Gasteiger partial charge on any atom is 0.328 e. The first kappa shape index (κ1) is 9.28. The molecule has 1 N–H and O–H groups in total. The first-order valence-corrected chi connectivity index (χ1v) is 5.07. The third-order valence-corrected chi connectivity index (χ3v) is 2.89. The summed E-state index contributed by atoms with van der Waals surface area (Å²) in [6.07, 6.45) is 4.48. The van der Waals surface area contributed by atoms with Crippen molar-refractivity contribution in [3.63, 3.8) is 0 Å². The van der Waals surface area contributed by atoms with Crippen molar-refractivity contribution in [2.24, 2.45) is 0 Å². The molecule has 5 heteroatoms. The lowest BCUT2D eigenvalue weighted by Crippen LogP contribution is -1.86. The molecule has 64 valence electrons. The summed E-state index contributed by atoms with van der Waals surface area (Å²) in [6, 6.07) is 0. The SMILES string of the molecule is O=C(O)C=CCSc1nccs1. The lowest BCUT2D eigenvalue weighted by Gasteiger charge is -1.87. The van der Waals surface area contributed by atoms with E-state index < -0.39 is 5.97 Å². The van der Waals surface area contributed by atoms with E-state index in [1.807, 2.05) is 5.38 Å². The van der Waals surface area contributed by atoms with Gasteiger partial charge in [0.15, 0.2) is 0 Å². The van der Waals surface area contributed by atoms with Crippen LogP contribution in [0.5, 0.6) is 0 Å². The van der Waals surface area contributed by atoms with E-state index in [0.717, 1.165) is 10.4 Å². The monoisotopic (exact) mass is 201 g/mol. The molecule has 1 rings (SSSR count). The van der Waals surface area contributed by atoms with Crippen molar-refractivity contribution >= 4 is 29.1 Å². The highest BCUT2D eigenvalue weighted by molar-refractivity contribution is 8.01. The molecule has 0 radical (unpaired) electrons. The Bertz CT molecular complexity index is 269. The van der Waals surface area contributed by atoms with Crippen molar-refractivity contribution in [3.8, 4) is 0 Å². The number of aromatic nitrogens is 1. The minimum atomic E-state index is -0.908. The normalized spacial score (nSPS) is 10.7. The van der Waals surface area contributed by atoms with Crippen molar-refractivity contribution in [2.75, 3.05) is 5.75 Å². The van der Waals surface area contributed by atoms with E-state index in [1.165, 1.54) is 11.8 Å². The number of carboxylic acid groups (broad SMARTS) is 1. The molecule has 1 aromatic rings. The van der Waals surface area contributed by atoms with Crippen LogP contribution in [0.3, 0.4) is 0 Å². The van der Waals surface area contributed by atoms with Gasteiger partial charge in [-0.2, -0.15) is 0 Å². The number of thioether (sulfide) groups is 1. The van der Waals surface area contributed by atoms with Crippen LogP contribution in [0, 0.1) is 0 Å². The van der Waals surface area contributed by atoms with Crippen LogP contribution >= 0.6 is 23.1 Å². The van der Waals surface area contributed by atoms with Gasteiger partial charge in [0, 0.05) is 23.4 Å². The molecular formula is C7H7NO2S2. The molecule has 0 unspecified atom stereocenters. The van der Waals surface area contributed by atoms with Gasteiger partial charge in [-0.05, 0) is 0 Å². The number of thiazole rings is 1. The van der Waals surface area contributed by atoms with Crippen LogP contribution in [0.1, 0.15) is 0 Å². The fourth-order valence-electron chi connectivity index (χ4n) is 0.550. The number of aliphatic carboxylic acids is 1. The summed E-state index contributed by atoms with van der Waals surface area (Å²) in [7, 11) is 0. The zero-order valence-electron chi connectivity index (χ0n) is 6.14. The Morgan fingerprint density at radius 3 is 3.25 bits per heavy atom. The van der Waals surface area contributed by atoms with Gasteiger partial charge in [-0.15, -0.1) is 11.3 Å². The fourth-order valence-corrected chi connectivity index (χ4v) is 2.02. The Morgan fingerprint density at radius 2 is 2.67 bits per heavy atom. The molecule has 0 spiro atoms. The molecule has 0 aromatic carbocycles. The largest absolute Gasteiger partial charge is 0.478 e. The van der Waals surface area contributed by atoms with E-state index in [2.05, 4.69) is 4.98 Å². The van der Waals surface area contributed by atoms with Crippen molar-refractivity contribution in [2.45, 2.75) is 4.34 Å². The van der Waals surface area contributed by atoms with Gasteiger partial charge in [0.2, 0.25) is 0 Å². The smallest absolute Gasteiger partial charge is 0.328 e. The van der Waals surface area contributed by atoms with Crippen LogP contribution in [-0.4, -0.2) is 21.8 Å². The Morgan fingerprint density at radius 1 is 1.83 bits per heavy atom. The van der Waals surface area contributed by atoms with E-state index in [0.29, 0.717) is 5.75 Å². The highest BCUT2D eigenvalue weighted by Gasteiger charge is 1.92. The molecule has 0 atom stereocenters. The molecule has 0 aliphatic rings. The van der Waals surface area contributed by atoms with Crippen molar-refractivity contribution in [1.29, 1.82) is 0 Å². The van der Waals surface area contributed by atoms with Crippen LogP contribution in [0.15, 0.2) is 28.1 Å². The topological polar surface area (TPSA) is 50.2 Å². The first-order valence-electron chi connectivity index (χ1n) is 3.21. The summed E-state index contributed by atoms with van der Waals surface area (Å²) in [5, 5.41) is 10.2. The summed E-state index contributed by atoms with van der Waals surface area (Å²) in [6.45, 7) is 0. The van der Waals surface area contributed by atoms with Crippen LogP contribution in [0.4, 0.5) is 0 Å². The number of rotatable bonds is 4. The Labute approximate surface area is 78.1 Å². The second-order valence-electron chi connectivity index (χ2n) is 1.85. The molecule has 1 heterocycles. The predicted octanol–water partition coefficient (Wildman–Crippen LogP) is 1.88. The summed E-state index contributed by atoms with van der Waals surface area (Å²) in [5.41, 5.74) is 0. The molecule has 1 aromatic heterocycles. The molecule has 0 bridgehead atoms. The summed E-state index contributed by atoms with van der Waals surface area (Å²) in [4.78, 5) is 14.1. The maximum absolute atomic E-state index is 10.1. The average molecular weight is 201 g/mol. The highest BCUT2D eigenvalue weighted by atomic mass is 32.2. The standard InChI is InChI=1S/C7H7NO2S2/c9-6(10)2-1-4-11-7-8-3-5-12-7/h1-3,5H,4H2,(H,9,10). The number of carbonyl (C=O) groups is 1. The maximum atomic E-state index is 10.1. The number of hydrogen-bond acceptors (Lipinski definition) is 4. The van der Waals surface area contributed by atoms with Gasteiger partial charge in [-0.1, -0.05) is 17.8 Å². The van der Waals surface area contributed by atoms with Gasteiger partial charge >= 0.3 is 5.97 Å². The number of carboxylic acids is 1. The van der Waals surface area contributed by atoms with Gasteiger partial charge in [0.25, 0.3) is 0 Å². The summed E-state index contributed by atoms with van der Waals surface area (Å²) in [5.74, 6) is -0.255. The second-order valence-corrected chi connectivity index (χ2v) is 4.01. The number of nitrogens with zero attached hydrogens (tertiary/aromatic N) is 1. The van der Waals surface area contributed by atoms with Crippen molar-refractivity contribution in [1.82, 2.24) is 4.98 Å². The van der Waals surface area contributed by atoms with E-state index in [4.69, 9.17) is 5.11 Å². The van der Waals surface area contributed by atoms with Crippen molar-refractivity contribution in [3.05, 3.63) is 23.7 Å². The summed E-state index contributed by atoms with van der Waals surface area (Å²) >= 11 is 3.08. The van der Waals surface area contributed by atoms with E-state index in [9.17, 15) is 4.79 Å².